The van der Waals surface area contributed by atoms with Crippen LogP contribution in [-0.2, 0) is 22.5 Å². The van der Waals surface area contributed by atoms with E-state index in [-0.39, 0.29) is 12.4 Å². The van der Waals surface area contributed by atoms with Crippen molar-refractivity contribution in [1.82, 2.24) is 9.38 Å². The molecule has 0 aliphatic rings. The number of methoxy groups -OCH3 is 1. The summed E-state index contributed by atoms with van der Waals surface area (Å²) in [5.74, 6) is -0.281. The van der Waals surface area contributed by atoms with Gasteiger partial charge in [0.2, 0.25) is 0 Å². The molecule has 0 unspecified atom stereocenters. The first kappa shape index (κ1) is 17.0. The zero-order valence-electron chi connectivity index (χ0n) is 15.1. The highest BCUT2D eigenvalue weighted by Gasteiger charge is 2.14. The minimum Gasteiger partial charge on any atom is -0.469 e. The van der Waals surface area contributed by atoms with Gasteiger partial charge in [0, 0.05) is 18.4 Å². The molecular formula is C20H23N3O2. The number of aromatic nitrogens is 2. The minimum atomic E-state index is -0.281. The number of rotatable bonds is 5. The van der Waals surface area contributed by atoms with Crippen LogP contribution in [-0.4, -0.2) is 22.5 Å². The van der Waals surface area contributed by atoms with Gasteiger partial charge in [-0.05, 0) is 49.6 Å². The summed E-state index contributed by atoms with van der Waals surface area (Å²) in [5, 5.41) is 3.49. The van der Waals surface area contributed by atoms with E-state index < -0.39 is 0 Å². The number of ether oxygens (including phenoxy) is 1. The van der Waals surface area contributed by atoms with Gasteiger partial charge in [-0.25, -0.2) is 4.98 Å². The van der Waals surface area contributed by atoms with Crippen molar-refractivity contribution < 1.29 is 9.53 Å². The normalized spacial score (nSPS) is 10.9. The second kappa shape index (κ2) is 6.97. The molecule has 0 radical (unpaired) electrons. The van der Waals surface area contributed by atoms with E-state index in [1.54, 1.807) is 0 Å². The van der Waals surface area contributed by atoms with Crippen molar-refractivity contribution in [2.45, 2.75) is 33.7 Å². The number of aryl methyl sites for hydroxylation is 3. The molecule has 3 aromatic rings. The Balaban J connectivity index is 1.92. The first-order chi connectivity index (χ1) is 12.0. The summed E-state index contributed by atoms with van der Waals surface area (Å²) < 4.78 is 6.77. The third kappa shape index (κ3) is 3.36. The fourth-order valence-corrected chi connectivity index (χ4v) is 3.06. The van der Waals surface area contributed by atoms with Gasteiger partial charge >= 0.3 is 5.97 Å². The lowest BCUT2D eigenvalue weighted by Gasteiger charge is -2.12. The van der Waals surface area contributed by atoms with Gasteiger partial charge in [0.05, 0.1) is 24.9 Å². The van der Waals surface area contributed by atoms with Gasteiger partial charge in [-0.3, -0.25) is 4.79 Å². The topological polar surface area (TPSA) is 55.6 Å². The number of nitrogens with zero attached hydrogens (tertiary/aromatic N) is 2. The highest BCUT2D eigenvalue weighted by molar-refractivity contribution is 5.74. The Hall–Kier alpha value is -2.82. The van der Waals surface area contributed by atoms with E-state index in [1.165, 1.54) is 23.8 Å². The Morgan fingerprint density at radius 3 is 2.56 bits per heavy atom. The molecule has 0 amide bonds. The van der Waals surface area contributed by atoms with Crippen LogP contribution < -0.4 is 5.32 Å². The van der Waals surface area contributed by atoms with Crippen LogP contribution in [0.25, 0.3) is 5.65 Å². The lowest BCUT2D eigenvalue weighted by atomic mass is 10.0. The first-order valence-corrected chi connectivity index (χ1v) is 8.33. The molecule has 2 aromatic heterocycles. The van der Waals surface area contributed by atoms with E-state index in [1.807, 2.05) is 29.7 Å². The van der Waals surface area contributed by atoms with Gasteiger partial charge in [-0.2, -0.15) is 0 Å². The van der Waals surface area contributed by atoms with E-state index in [0.717, 1.165) is 29.3 Å². The van der Waals surface area contributed by atoms with Crippen molar-refractivity contribution >= 4 is 17.3 Å². The summed E-state index contributed by atoms with van der Waals surface area (Å²) in [5.41, 5.74) is 7.30. The van der Waals surface area contributed by atoms with Crippen molar-refractivity contribution in [1.29, 1.82) is 0 Å². The van der Waals surface area contributed by atoms with Crippen LogP contribution in [0.3, 0.4) is 0 Å². The number of fused-ring (bicyclic) bond motifs is 1. The van der Waals surface area contributed by atoms with Gasteiger partial charge in [0.1, 0.15) is 0 Å². The molecule has 0 bridgehead atoms. The predicted octanol–water partition coefficient (Wildman–Crippen LogP) is 3.59. The SMILES string of the molecule is COC(=O)Cc1nc2c(NCc3c(C)cccc3C)cccn2c1C. The van der Waals surface area contributed by atoms with E-state index in [2.05, 4.69) is 42.3 Å². The van der Waals surface area contributed by atoms with Gasteiger partial charge < -0.3 is 14.5 Å². The smallest absolute Gasteiger partial charge is 0.311 e. The van der Waals surface area contributed by atoms with Crippen LogP contribution in [0.5, 0.6) is 0 Å². The summed E-state index contributed by atoms with van der Waals surface area (Å²) in [6, 6.07) is 10.3. The molecular weight excluding hydrogens is 314 g/mol. The molecule has 0 saturated carbocycles. The summed E-state index contributed by atoms with van der Waals surface area (Å²) in [7, 11) is 1.39. The van der Waals surface area contributed by atoms with Crippen molar-refractivity contribution in [2.75, 3.05) is 12.4 Å². The second-order valence-electron chi connectivity index (χ2n) is 6.24. The second-order valence-corrected chi connectivity index (χ2v) is 6.24. The standard InChI is InChI=1S/C20H23N3O2/c1-13-7-5-8-14(2)16(13)12-21-17-9-6-10-23-15(3)18(22-20(17)23)11-19(24)25-4/h5-10,21H,11-12H2,1-4H3. The molecule has 0 atom stereocenters. The number of esters is 1. The summed E-state index contributed by atoms with van der Waals surface area (Å²) in [6.07, 6.45) is 2.14. The highest BCUT2D eigenvalue weighted by atomic mass is 16.5. The highest BCUT2D eigenvalue weighted by Crippen LogP contribution is 2.22. The number of carbonyl (C=O) groups is 1. The van der Waals surface area contributed by atoms with Gasteiger partial charge in [0.25, 0.3) is 0 Å². The van der Waals surface area contributed by atoms with Crippen LogP contribution >= 0.6 is 0 Å². The lowest BCUT2D eigenvalue weighted by molar-refractivity contribution is -0.139. The molecule has 25 heavy (non-hydrogen) atoms. The van der Waals surface area contributed by atoms with Crippen LogP contribution in [0.15, 0.2) is 36.5 Å². The molecule has 130 valence electrons. The van der Waals surface area contributed by atoms with Crippen molar-refractivity contribution in [3.05, 3.63) is 64.6 Å². The quantitative estimate of drug-likeness (QED) is 0.723. The summed E-state index contributed by atoms with van der Waals surface area (Å²) >= 11 is 0. The van der Waals surface area contributed by atoms with Gasteiger partial charge in [-0.15, -0.1) is 0 Å². The lowest BCUT2D eigenvalue weighted by Crippen LogP contribution is -2.06. The Morgan fingerprint density at radius 2 is 1.88 bits per heavy atom. The fourth-order valence-electron chi connectivity index (χ4n) is 3.06. The van der Waals surface area contributed by atoms with Crippen LogP contribution in [0.4, 0.5) is 5.69 Å². The molecule has 5 nitrogen and oxygen atoms in total. The van der Waals surface area contributed by atoms with Crippen LogP contribution in [0, 0.1) is 20.8 Å². The largest absolute Gasteiger partial charge is 0.469 e. The molecule has 0 aliphatic carbocycles. The maximum Gasteiger partial charge on any atom is 0.311 e. The molecule has 0 saturated heterocycles. The van der Waals surface area contributed by atoms with Crippen LogP contribution in [0.1, 0.15) is 28.1 Å². The van der Waals surface area contributed by atoms with Crippen molar-refractivity contribution in [2.24, 2.45) is 0 Å². The average Bonchev–Trinajstić information content (AvgIpc) is 2.91. The van der Waals surface area contributed by atoms with Gasteiger partial charge in [-0.1, -0.05) is 18.2 Å². The monoisotopic (exact) mass is 337 g/mol. The fraction of sp³-hybridized carbons (Fsp3) is 0.300. The Kier molecular flexibility index (Phi) is 4.74. The van der Waals surface area contributed by atoms with E-state index >= 15 is 0 Å². The van der Waals surface area contributed by atoms with Crippen molar-refractivity contribution in [3.8, 4) is 0 Å². The number of imidazole rings is 1. The van der Waals surface area contributed by atoms with E-state index in [9.17, 15) is 4.79 Å². The molecule has 1 N–H and O–H groups in total. The average molecular weight is 337 g/mol. The number of nitrogens with one attached hydrogen (secondary N) is 1. The third-order valence-electron chi connectivity index (χ3n) is 4.63. The zero-order chi connectivity index (χ0) is 18.0. The number of anilines is 1. The molecule has 2 heterocycles. The van der Waals surface area contributed by atoms with Crippen molar-refractivity contribution in [3.63, 3.8) is 0 Å². The summed E-state index contributed by atoms with van der Waals surface area (Å²) in [6.45, 7) is 6.95. The zero-order valence-corrected chi connectivity index (χ0v) is 15.1. The molecule has 0 aliphatic heterocycles. The molecule has 0 fully saturated rings. The third-order valence-corrected chi connectivity index (χ3v) is 4.63. The Bertz CT molecular complexity index is 908. The summed E-state index contributed by atoms with van der Waals surface area (Å²) in [4.78, 5) is 16.3. The number of hydrogen-bond acceptors (Lipinski definition) is 4. The number of pyridine rings is 1. The predicted molar refractivity (Wildman–Crippen MR) is 98.9 cm³/mol. The Labute approximate surface area is 147 Å². The number of hydrogen-bond donors (Lipinski definition) is 1. The van der Waals surface area contributed by atoms with Crippen LogP contribution in [0.2, 0.25) is 0 Å². The first-order valence-electron chi connectivity index (χ1n) is 8.33. The van der Waals surface area contributed by atoms with Gasteiger partial charge in [0.15, 0.2) is 5.65 Å². The van der Waals surface area contributed by atoms with E-state index in [0.29, 0.717) is 0 Å². The number of benzene rings is 1. The molecule has 0 spiro atoms. The maximum absolute atomic E-state index is 11.6. The molecule has 3 rings (SSSR count). The maximum atomic E-state index is 11.6. The molecule has 5 heteroatoms. The van der Waals surface area contributed by atoms with E-state index in [4.69, 9.17) is 4.74 Å². The minimum absolute atomic E-state index is 0.181. The Morgan fingerprint density at radius 1 is 1.16 bits per heavy atom. The number of carbonyl (C=O) groups excluding carboxylic acids is 1. The molecule has 1 aromatic carbocycles.